The molecule has 0 rings (SSSR count). The van der Waals surface area contributed by atoms with Crippen LogP contribution in [0.25, 0.3) is 0 Å². The number of hydrogen-bond donors (Lipinski definition) is 1. The Labute approximate surface area is 99.2 Å². The van der Waals surface area contributed by atoms with Crippen LogP contribution in [0.2, 0.25) is 0 Å². The van der Waals surface area contributed by atoms with Crippen LogP contribution in [0.1, 0.15) is 33.6 Å². The molecule has 0 aromatic rings. The maximum atomic E-state index is 11.2. The summed E-state index contributed by atoms with van der Waals surface area (Å²) in [6.45, 7) is 7.61. The lowest BCUT2D eigenvalue weighted by Gasteiger charge is -2.24. The Balaban J connectivity index is 4.24. The van der Waals surface area contributed by atoms with E-state index in [1.165, 1.54) is 20.8 Å². The topological polar surface area (TPSA) is 89.9 Å². The summed E-state index contributed by atoms with van der Waals surface area (Å²) in [6, 6.07) is 0. The summed E-state index contributed by atoms with van der Waals surface area (Å²) >= 11 is 0. The molecule has 0 aromatic heterocycles. The number of rotatable bonds is 6. The second-order valence-corrected chi connectivity index (χ2v) is 3.94. The van der Waals surface area contributed by atoms with Gasteiger partial charge < -0.3 is 14.6 Å². The average molecular weight is 244 g/mol. The third kappa shape index (κ3) is 7.10. The van der Waals surface area contributed by atoms with Crippen molar-refractivity contribution in [3.63, 3.8) is 0 Å². The molecule has 0 aliphatic heterocycles. The van der Waals surface area contributed by atoms with Gasteiger partial charge in [-0.25, -0.2) is 4.79 Å². The van der Waals surface area contributed by atoms with Gasteiger partial charge in [-0.15, -0.1) is 0 Å². The Morgan fingerprint density at radius 3 is 2.12 bits per heavy atom. The van der Waals surface area contributed by atoms with Crippen molar-refractivity contribution < 1.29 is 29.0 Å². The lowest BCUT2D eigenvalue weighted by Crippen LogP contribution is -2.34. The largest absolute Gasteiger partial charge is 0.481 e. The molecule has 0 aliphatic carbocycles. The van der Waals surface area contributed by atoms with Crippen LogP contribution in [0.5, 0.6) is 0 Å². The Kier molecular flexibility index (Phi) is 5.37. The highest BCUT2D eigenvalue weighted by molar-refractivity contribution is 5.87. The Bertz CT molecular complexity index is 342. The fraction of sp³-hybridized carbons (Fsp3) is 0.545. The zero-order chi connectivity index (χ0) is 13.6. The monoisotopic (exact) mass is 244 g/mol. The molecule has 0 saturated heterocycles. The SMILES string of the molecule is C=C(C)C(=O)OC(C)(C)OC(=O)CCC(=O)O. The first-order valence-corrected chi connectivity index (χ1v) is 4.96. The predicted molar refractivity (Wildman–Crippen MR) is 57.9 cm³/mol. The maximum Gasteiger partial charge on any atom is 0.336 e. The highest BCUT2D eigenvalue weighted by Crippen LogP contribution is 2.15. The number of carboxylic acid groups (broad SMARTS) is 1. The van der Waals surface area contributed by atoms with Gasteiger partial charge in [0.15, 0.2) is 0 Å². The lowest BCUT2D eigenvalue weighted by atomic mass is 10.3. The first kappa shape index (κ1) is 15.2. The summed E-state index contributed by atoms with van der Waals surface area (Å²) in [7, 11) is 0. The zero-order valence-electron chi connectivity index (χ0n) is 10.1. The number of esters is 2. The number of carbonyl (C=O) groups excluding carboxylic acids is 2. The van der Waals surface area contributed by atoms with Crippen molar-refractivity contribution in [3.05, 3.63) is 12.2 Å². The van der Waals surface area contributed by atoms with Gasteiger partial charge in [0.05, 0.1) is 12.8 Å². The van der Waals surface area contributed by atoms with Crippen molar-refractivity contribution in [2.24, 2.45) is 0 Å². The Morgan fingerprint density at radius 2 is 1.71 bits per heavy atom. The minimum absolute atomic E-state index is 0.180. The Hall–Kier alpha value is -1.85. The molecule has 0 heterocycles. The second-order valence-electron chi connectivity index (χ2n) is 3.94. The van der Waals surface area contributed by atoms with E-state index < -0.39 is 23.7 Å². The van der Waals surface area contributed by atoms with Crippen molar-refractivity contribution >= 4 is 17.9 Å². The van der Waals surface area contributed by atoms with Crippen LogP contribution in [0.4, 0.5) is 0 Å². The van der Waals surface area contributed by atoms with Gasteiger partial charge in [-0.3, -0.25) is 9.59 Å². The zero-order valence-corrected chi connectivity index (χ0v) is 10.1. The molecule has 0 saturated carbocycles. The summed E-state index contributed by atoms with van der Waals surface area (Å²) in [4.78, 5) is 32.6. The molecular formula is C11H16O6. The van der Waals surface area contributed by atoms with E-state index in [0.717, 1.165) is 0 Å². The van der Waals surface area contributed by atoms with Gasteiger partial charge in [-0.05, 0) is 6.92 Å². The van der Waals surface area contributed by atoms with E-state index in [2.05, 4.69) is 6.58 Å². The van der Waals surface area contributed by atoms with E-state index in [-0.39, 0.29) is 18.4 Å². The van der Waals surface area contributed by atoms with Crippen molar-refractivity contribution in [1.29, 1.82) is 0 Å². The van der Waals surface area contributed by atoms with E-state index in [1.54, 1.807) is 0 Å². The van der Waals surface area contributed by atoms with Crippen molar-refractivity contribution in [2.75, 3.05) is 0 Å². The molecule has 1 N–H and O–H groups in total. The molecule has 17 heavy (non-hydrogen) atoms. The molecule has 0 atom stereocenters. The molecule has 0 spiro atoms. The maximum absolute atomic E-state index is 11.2. The highest BCUT2D eigenvalue weighted by atomic mass is 16.7. The van der Waals surface area contributed by atoms with Crippen LogP contribution in [0.3, 0.4) is 0 Å². The van der Waals surface area contributed by atoms with Gasteiger partial charge in [0.2, 0.25) is 0 Å². The van der Waals surface area contributed by atoms with Gasteiger partial charge >= 0.3 is 17.9 Å². The lowest BCUT2D eigenvalue weighted by molar-refractivity contribution is -0.213. The molecule has 0 aromatic carbocycles. The number of carboxylic acids is 1. The summed E-state index contributed by atoms with van der Waals surface area (Å²) in [5, 5.41) is 8.37. The van der Waals surface area contributed by atoms with E-state index >= 15 is 0 Å². The first-order valence-electron chi connectivity index (χ1n) is 4.96. The number of aliphatic carboxylic acids is 1. The quantitative estimate of drug-likeness (QED) is 0.429. The van der Waals surface area contributed by atoms with Crippen LogP contribution in [-0.4, -0.2) is 28.8 Å². The summed E-state index contributed by atoms with van der Waals surface area (Å²) in [5.74, 6) is -3.96. The smallest absolute Gasteiger partial charge is 0.336 e. The van der Waals surface area contributed by atoms with Gasteiger partial charge in [-0.2, -0.15) is 0 Å². The van der Waals surface area contributed by atoms with Crippen molar-refractivity contribution in [2.45, 2.75) is 39.4 Å². The summed E-state index contributed by atoms with van der Waals surface area (Å²) in [6.07, 6.45) is -0.604. The van der Waals surface area contributed by atoms with Crippen LogP contribution in [0, 0.1) is 0 Å². The molecule has 0 unspecified atom stereocenters. The van der Waals surface area contributed by atoms with Gasteiger partial charge in [0.25, 0.3) is 5.79 Å². The minimum Gasteiger partial charge on any atom is -0.481 e. The van der Waals surface area contributed by atoms with Crippen LogP contribution >= 0.6 is 0 Å². The molecule has 0 radical (unpaired) electrons. The van der Waals surface area contributed by atoms with Gasteiger partial charge in [-0.1, -0.05) is 6.58 Å². The summed E-state index contributed by atoms with van der Waals surface area (Å²) in [5.41, 5.74) is 0.180. The van der Waals surface area contributed by atoms with Crippen molar-refractivity contribution in [1.82, 2.24) is 0 Å². The van der Waals surface area contributed by atoms with Crippen LogP contribution in [0.15, 0.2) is 12.2 Å². The first-order chi connectivity index (χ1) is 7.64. The minimum atomic E-state index is -1.44. The number of carbonyl (C=O) groups is 3. The Morgan fingerprint density at radius 1 is 1.18 bits per heavy atom. The molecule has 0 bridgehead atoms. The fourth-order valence-corrected chi connectivity index (χ4v) is 0.865. The average Bonchev–Trinajstić information content (AvgIpc) is 2.12. The third-order valence-corrected chi connectivity index (χ3v) is 1.59. The van der Waals surface area contributed by atoms with E-state index in [4.69, 9.17) is 14.6 Å². The van der Waals surface area contributed by atoms with E-state index in [9.17, 15) is 14.4 Å². The van der Waals surface area contributed by atoms with E-state index in [1.807, 2.05) is 0 Å². The molecule has 96 valence electrons. The molecular weight excluding hydrogens is 228 g/mol. The van der Waals surface area contributed by atoms with Gasteiger partial charge in [0.1, 0.15) is 0 Å². The standard InChI is InChI=1S/C11H16O6/c1-7(2)10(15)17-11(3,4)16-9(14)6-5-8(12)13/h1,5-6H2,2-4H3,(H,12,13). The third-order valence-electron chi connectivity index (χ3n) is 1.59. The number of ether oxygens (including phenoxy) is 2. The molecule has 0 aliphatic rings. The van der Waals surface area contributed by atoms with Gasteiger partial charge in [0, 0.05) is 19.4 Å². The predicted octanol–water partition coefficient (Wildman–Crippen LogP) is 1.25. The van der Waals surface area contributed by atoms with Crippen molar-refractivity contribution in [3.8, 4) is 0 Å². The normalized spacial score (nSPS) is 10.5. The van der Waals surface area contributed by atoms with Crippen LogP contribution < -0.4 is 0 Å². The second kappa shape index (κ2) is 6.03. The molecule has 6 heteroatoms. The highest BCUT2D eigenvalue weighted by Gasteiger charge is 2.27. The molecule has 0 amide bonds. The summed E-state index contributed by atoms with van der Waals surface area (Å²) < 4.78 is 9.67. The number of hydrogen-bond acceptors (Lipinski definition) is 5. The van der Waals surface area contributed by atoms with E-state index in [0.29, 0.717) is 0 Å². The van der Waals surface area contributed by atoms with Crippen LogP contribution in [-0.2, 0) is 23.9 Å². The molecule has 6 nitrogen and oxygen atoms in total. The molecule has 0 fully saturated rings. The fourth-order valence-electron chi connectivity index (χ4n) is 0.865.